The van der Waals surface area contributed by atoms with E-state index in [-0.39, 0.29) is 11.6 Å². The highest BCUT2D eigenvalue weighted by Gasteiger charge is 2.26. The molecule has 0 aliphatic carbocycles. The Morgan fingerprint density at radius 1 is 1.37 bits per heavy atom. The third kappa shape index (κ3) is 4.79. The summed E-state index contributed by atoms with van der Waals surface area (Å²) in [4.78, 5) is 26.9. The third-order valence-corrected chi connectivity index (χ3v) is 6.34. The summed E-state index contributed by atoms with van der Waals surface area (Å²) in [5, 5.41) is 23.2. The van der Waals surface area contributed by atoms with Crippen LogP contribution >= 0.6 is 34.7 Å². The molecule has 1 saturated heterocycles. The number of nitrogens with one attached hydrogen (secondary N) is 1. The summed E-state index contributed by atoms with van der Waals surface area (Å²) in [5.41, 5.74) is 0.508. The van der Waals surface area contributed by atoms with Crippen molar-refractivity contribution in [3.8, 4) is 0 Å². The first kappa shape index (κ1) is 19.6. The first-order valence-electron chi connectivity index (χ1n) is 8.08. The summed E-state index contributed by atoms with van der Waals surface area (Å²) >= 11 is 8.63. The van der Waals surface area contributed by atoms with Gasteiger partial charge >= 0.3 is 0 Å². The molecule has 0 saturated carbocycles. The number of anilines is 2. The van der Waals surface area contributed by atoms with Crippen molar-refractivity contribution in [2.24, 2.45) is 0 Å². The van der Waals surface area contributed by atoms with E-state index in [2.05, 4.69) is 15.5 Å². The molecule has 0 radical (unpaired) electrons. The van der Waals surface area contributed by atoms with Crippen LogP contribution in [-0.2, 0) is 4.79 Å². The Morgan fingerprint density at radius 3 is 2.74 bits per heavy atom. The number of amides is 1. The number of halogens is 1. The number of hydrogen-bond acceptors (Lipinski definition) is 9. The summed E-state index contributed by atoms with van der Waals surface area (Å²) in [6.07, 6.45) is 0. The first-order valence-corrected chi connectivity index (χ1v) is 10.3. The quantitative estimate of drug-likeness (QED) is 0.425. The molecule has 12 heteroatoms. The Kier molecular flexibility index (Phi) is 6.34. The molecule has 3 rings (SSSR count). The van der Waals surface area contributed by atoms with E-state index < -0.39 is 4.92 Å². The van der Waals surface area contributed by atoms with Gasteiger partial charge in [0.25, 0.3) is 5.69 Å². The number of thioether (sulfide) groups is 1. The van der Waals surface area contributed by atoms with Gasteiger partial charge in [-0.15, -0.1) is 10.2 Å². The summed E-state index contributed by atoms with van der Waals surface area (Å²) in [6.45, 7) is 2.08. The van der Waals surface area contributed by atoms with Crippen molar-refractivity contribution in [1.82, 2.24) is 15.1 Å². The molecule has 1 aromatic heterocycles. The van der Waals surface area contributed by atoms with E-state index in [1.165, 1.54) is 29.2 Å². The highest BCUT2D eigenvalue weighted by molar-refractivity contribution is 8.01. The average molecular weight is 429 g/mol. The number of rotatable bonds is 6. The van der Waals surface area contributed by atoms with Crippen molar-refractivity contribution in [1.29, 1.82) is 0 Å². The SMILES string of the molecule is CNc1nnc(SCC(=O)N2CCN(c3ccc(Cl)cc3[N+](=O)[O-])CC2)s1. The van der Waals surface area contributed by atoms with E-state index in [0.29, 0.717) is 47.8 Å². The van der Waals surface area contributed by atoms with Crippen molar-refractivity contribution in [3.05, 3.63) is 33.3 Å². The predicted molar refractivity (Wildman–Crippen MR) is 107 cm³/mol. The van der Waals surface area contributed by atoms with Gasteiger partial charge in [-0.1, -0.05) is 34.7 Å². The lowest BCUT2D eigenvalue weighted by molar-refractivity contribution is -0.384. The van der Waals surface area contributed by atoms with Crippen LogP contribution in [0.4, 0.5) is 16.5 Å². The zero-order valence-electron chi connectivity index (χ0n) is 14.4. The molecule has 1 aromatic carbocycles. The minimum Gasteiger partial charge on any atom is -0.363 e. The molecule has 1 N–H and O–H groups in total. The topological polar surface area (TPSA) is 104 Å². The second kappa shape index (κ2) is 8.72. The van der Waals surface area contributed by atoms with Gasteiger partial charge in [0, 0.05) is 44.3 Å². The van der Waals surface area contributed by atoms with Gasteiger partial charge in [-0.2, -0.15) is 0 Å². The van der Waals surface area contributed by atoms with Gasteiger partial charge in [-0.25, -0.2) is 0 Å². The molecule has 2 aromatic rings. The van der Waals surface area contributed by atoms with Gasteiger partial charge in [-0.05, 0) is 12.1 Å². The van der Waals surface area contributed by atoms with Gasteiger partial charge in [0.1, 0.15) is 5.69 Å². The van der Waals surface area contributed by atoms with Crippen LogP contribution in [0.5, 0.6) is 0 Å². The van der Waals surface area contributed by atoms with Crippen molar-refractivity contribution >= 4 is 57.1 Å². The molecule has 0 unspecified atom stereocenters. The molecule has 27 heavy (non-hydrogen) atoms. The molecule has 1 fully saturated rings. The maximum absolute atomic E-state index is 12.4. The Bertz CT molecular complexity index is 841. The van der Waals surface area contributed by atoms with Gasteiger partial charge in [0.15, 0.2) is 4.34 Å². The minimum absolute atomic E-state index is 0.0190. The Labute approximate surface area is 168 Å². The normalized spacial score (nSPS) is 14.3. The van der Waals surface area contributed by atoms with Crippen molar-refractivity contribution in [2.45, 2.75) is 4.34 Å². The summed E-state index contributed by atoms with van der Waals surface area (Å²) < 4.78 is 0.739. The largest absolute Gasteiger partial charge is 0.363 e. The number of aromatic nitrogens is 2. The molecule has 0 atom stereocenters. The lowest BCUT2D eigenvalue weighted by Gasteiger charge is -2.35. The fourth-order valence-corrected chi connectivity index (χ4v) is 4.47. The highest BCUT2D eigenvalue weighted by atomic mass is 35.5. The van der Waals surface area contributed by atoms with E-state index in [1.807, 2.05) is 4.90 Å². The number of piperazine rings is 1. The third-order valence-electron chi connectivity index (χ3n) is 4.05. The summed E-state index contributed by atoms with van der Waals surface area (Å²) in [6, 6.07) is 4.65. The van der Waals surface area contributed by atoms with Crippen LogP contribution in [0.15, 0.2) is 22.5 Å². The van der Waals surface area contributed by atoms with Crippen LogP contribution in [0.2, 0.25) is 5.02 Å². The second-order valence-corrected chi connectivity index (χ2v) is 8.31. The first-order chi connectivity index (χ1) is 13.0. The number of carbonyl (C=O) groups is 1. The highest BCUT2D eigenvalue weighted by Crippen LogP contribution is 2.32. The van der Waals surface area contributed by atoms with Crippen LogP contribution in [0.25, 0.3) is 0 Å². The van der Waals surface area contributed by atoms with Crippen LogP contribution in [0, 0.1) is 10.1 Å². The molecule has 144 valence electrons. The lowest BCUT2D eigenvalue weighted by atomic mass is 10.2. The minimum atomic E-state index is -0.434. The van der Waals surface area contributed by atoms with Gasteiger partial charge in [0.05, 0.1) is 10.7 Å². The van der Waals surface area contributed by atoms with E-state index in [0.717, 1.165) is 4.34 Å². The average Bonchev–Trinajstić information content (AvgIpc) is 3.14. The molecule has 0 spiro atoms. The Hall–Kier alpha value is -2.11. The number of benzene rings is 1. The smallest absolute Gasteiger partial charge is 0.294 e. The van der Waals surface area contributed by atoms with Gasteiger partial charge in [0.2, 0.25) is 11.0 Å². The maximum atomic E-state index is 12.4. The number of carbonyl (C=O) groups excluding carboxylic acids is 1. The van der Waals surface area contributed by atoms with E-state index in [9.17, 15) is 14.9 Å². The molecule has 1 amide bonds. The van der Waals surface area contributed by atoms with Crippen LogP contribution in [-0.4, -0.2) is 64.9 Å². The zero-order chi connectivity index (χ0) is 19.4. The van der Waals surface area contributed by atoms with Crippen molar-refractivity contribution in [2.75, 3.05) is 49.2 Å². The maximum Gasteiger partial charge on any atom is 0.294 e. The van der Waals surface area contributed by atoms with E-state index in [1.54, 1.807) is 24.1 Å². The number of nitro benzene ring substituents is 1. The molecular weight excluding hydrogens is 412 g/mol. The number of nitro groups is 1. The Morgan fingerprint density at radius 2 is 2.11 bits per heavy atom. The van der Waals surface area contributed by atoms with Gasteiger partial charge in [-0.3, -0.25) is 14.9 Å². The summed E-state index contributed by atoms with van der Waals surface area (Å²) in [5.74, 6) is 0.311. The second-order valence-electron chi connectivity index (χ2n) is 5.67. The van der Waals surface area contributed by atoms with Crippen LogP contribution < -0.4 is 10.2 Å². The van der Waals surface area contributed by atoms with Crippen LogP contribution in [0.3, 0.4) is 0 Å². The Balaban J connectivity index is 1.55. The molecule has 2 heterocycles. The molecule has 9 nitrogen and oxygen atoms in total. The van der Waals surface area contributed by atoms with E-state index in [4.69, 9.17) is 11.6 Å². The molecule has 1 aliphatic heterocycles. The fraction of sp³-hybridized carbons (Fsp3) is 0.400. The number of nitrogens with zero attached hydrogens (tertiary/aromatic N) is 5. The monoisotopic (exact) mass is 428 g/mol. The molecular formula is C15H17ClN6O3S2. The molecule has 1 aliphatic rings. The zero-order valence-corrected chi connectivity index (χ0v) is 16.8. The molecule has 0 bridgehead atoms. The van der Waals surface area contributed by atoms with Crippen molar-refractivity contribution < 1.29 is 9.72 Å². The van der Waals surface area contributed by atoms with Crippen molar-refractivity contribution in [3.63, 3.8) is 0 Å². The predicted octanol–water partition coefficient (Wildman–Crippen LogP) is 2.58. The standard InChI is InChI=1S/C15H17ClN6O3S2/c1-17-14-18-19-15(27-14)26-9-13(23)21-6-4-20(5-7-21)11-3-2-10(16)8-12(11)22(24)25/h2-3,8H,4-7,9H2,1H3,(H,17,18). The lowest BCUT2D eigenvalue weighted by Crippen LogP contribution is -2.49. The number of hydrogen-bond donors (Lipinski definition) is 1. The van der Waals surface area contributed by atoms with Crippen LogP contribution in [0.1, 0.15) is 0 Å². The van der Waals surface area contributed by atoms with Gasteiger partial charge < -0.3 is 15.1 Å². The van der Waals surface area contributed by atoms with E-state index >= 15 is 0 Å². The summed E-state index contributed by atoms with van der Waals surface area (Å²) in [7, 11) is 1.77. The fourth-order valence-electron chi connectivity index (χ4n) is 2.69.